The van der Waals surface area contributed by atoms with E-state index in [0.29, 0.717) is 37.4 Å². The number of rotatable bonds is 4. The van der Waals surface area contributed by atoms with Crippen molar-refractivity contribution >= 4 is 61.5 Å². The van der Waals surface area contributed by atoms with E-state index in [-0.39, 0.29) is 15.9 Å². The van der Waals surface area contributed by atoms with Crippen LogP contribution < -0.4 is 10.6 Å². The Morgan fingerprint density at radius 2 is 1.66 bits per heavy atom. The van der Waals surface area contributed by atoms with Crippen LogP contribution in [0.1, 0.15) is 10.4 Å². The monoisotopic (exact) mass is 544 g/mol. The van der Waals surface area contributed by atoms with Gasteiger partial charge in [-0.3, -0.25) is 10.1 Å². The lowest BCUT2D eigenvalue weighted by Crippen LogP contribution is -2.46. The second kappa shape index (κ2) is 9.47. The van der Waals surface area contributed by atoms with E-state index in [9.17, 15) is 13.2 Å². The average molecular weight is 544 g/mol. The summed E-state index contributed by atoms with van der Waals surface area (Å²) in [5.41, 5.74) is 1.13. The van der Waals surface area contributed by atoms with Crippen LogP contribution in [0.25, 0.3) is 0 Å². The van der Waals surface area contributed by atoms with Gasteiger partial charge in [0.1, 0.15) is 0 Å². The highest BCUT2D eigenvalue weighted by atomic mass is 127. The van der Waals surface area contributed by atoms with E-state index in [1.807, 2.05) is 19.2 Å². The van der Waals surface area contributed by atoms with Crippen LogP contribution in [0, 0.1) is 3.57 Å². The Bertz CT molecular complexity index is 1000. The predicted octanol–water partition coefficient (Wildman–Crippen LogP) is 2.35. The molecule has 0 saturated carbocycles. The summed E-state index contributed by atoms with van der Waals surface area (Å²) >= 11 is 7.29. The molecule has 10 heteroatoms. The second-order valence-electron chi connectivity index (χ2n) is 6.62. The minimum atomic E-state index is -3.52. The summed E-state index contributed by atoms with van der Waals surface area (Å²) in [5, 5.41) is 5.68. The smallest absolute Gasteiger partial charge is 0.258 e. The van der Waals surface area contributed by atoms with Crippen molar-refractivity contribution in [2.45, 2.75) is 4.90 Å². The molecule has 3 rings (SSSR count). The van der Waals surface area contributed by atoms with E-state index < -0.39 is 10.0 Å². The molecular formula is C19H21IN4O3S2. The number of hydrogen-bond donors (Lipinski definition) is 2. The van der Waals surface area contributed by atoms with Crippen molar-refractivity contribution in [3.8, 4) is 0 Å². The lowest BCUT2D eigenvalue weighted by molar-refractivity contribution is 0.0977. The Morgan fingerprint density at radius 1 is 1.03 bits per heavy atom. The summed E-state index contributed by atoms with van der Waals surface area (Å²) in [6.07, 6.45) is 0. The Kier molecular flexibility index (Phi) is 7.22. The first-order valence-corrected chi connectivity index (χ1v) is 11.9. The molecule has 1 amide bonds. The number of hydrogen-bond acceptors (Lipinski definition) is 5. The van der Waals surface area contributed by atoms with E-state index in [1.165, 1.54) is 4.31 Å². The molecule has 2 aromatic carbocycles. The van der Waals surface area contributed by atoms with Crippen molar-refractivity contribution in [3.05, 3.63) is 57.7 Å². The standard InChI is InChI=1S/C19H21IN4O3S2/c1-23-10-12-24(13-11-23)29(26,27)15-8-6-14(7-9-15)21-19(28)22-18(25)16-4-2-3-5-17(16)20/h2-9H,10-13H2,1H3,(H2,21,22,25,28). The SMILES string of the molecule is CN1CCN(S(=O)(=O)c2ccc(NC(=S)NC(=O)c3ccccc3I)cc2)CC1. The van der Waals surface area contributed by atoms with Crippen molar-refractivity contribution in [2.75, 3.05) is 38.5 Å². The predicted molar refractivity (Wildman–Crippen MR) is 126 cm³/mol. The normalized spacial score (nSPS) is 15.7. The fraction of sp³-hybridized carbons (Fsp3) is 0.263. The molecule has 7 nitrogen and oxygen atoms in total. The van der Waals surface area contributed by atoms with Crippen LogP contribution in [0.2, 0.25) is 0 Å². The van der Waals surface area contributed by atoms with Gasteiger partial charge in [0.25, 0.3) is 5.91 Å². The van der Waals surface area contributed by atoms with E-state index in [2.05, 4.69) is 38.1 Å². The van der Waals surface area contributed by atoms with Crippen LogP contribution in [-0.4, -0.2) is 61.9 Å². The Labute approximate surface area is 189 Å². The molecule has 154 valence electrons. The van der Waals surface area contributed by atoms with Gasteiger partial charge in [0, 0.05) is 35.4 Å². The zero-order chi connectivity index (χ0) is 21.0. The Morgan fingerprint density at radius 3 is 2.28 bits per heavy atom. The molecule has 0 unspecified atom stereocenters. The Hall–Kier alpha value is -1.60. The number of halogens is 1. The summed E-state index contributed by atoms with van der Waals surface area (Å²) < 4.78 is 27.9. The van der Waals surface area contributed by atoms with E-state index in [4.69, 9.17) is 12.2 Å². The summed E-state index contributed by atoms with van der Waals surface area (Å²) in [5.74, 6) is -0.304. The lowest BCUT2D eigenvalue weighted by Gasteiger charge is -2.31. The molecule has 2 aromatic rings. The van der Waals surface area contributed by atoms with Gasteiger partial charge in [-0.25, -0.2) is 8.42 Å². The van der Waals surface area contributed by atoms with Crippen LogP contribution in [0.15, 0.2) is 53.4 Å². The molecule has 0 radical (unpaired) electrons. The molecule has 0 bridgehead atoms. The minimum Gasteiger partial charge on any atom is -0.332 e. The maximum atomic E-state index is 12.8. The number of nitrogens with one attached hydrogen (secondary N) is 2. The van der Waals surface area contributed by atoms with Gasteiger partial charge >= 0.3 is 0 Å². The number of likely N-dealkylation sites (N-methyl/N-ethyl adjacent to an activating group) is 1. The van der Waals surface area contributed by atoms with Gasteiger partial charge in [0.15, 0.2) is 5.11 Å². The summed E-state index contributed by atoms with van der Waals surface area (Å²) in [4.78, 5) is 14.7. The third kappa shape index (κ3) is 5.51. The number of nitrogens with zero attached hydrogens (tertiary/aromatic N) is 2. The van der Waals surface area contributed by atoms with Gasteiger partial charge < -0.3 is 10.2 Å². The van der Waals surface area contributed by atoms with E-state index >= 15 is 0 Å². The first-order valence-electron chi connectivity index (χ1n) is 8.93. The summed E-state index contributed by atoms with van der Waals surface area (Å²) in [7, 11) is -1.54. The molecule has 1 aliphatic rings. The van der Waals surface area contributed by atoms with Gasteiger partial charge in [0.05, 0.1) is 10.5 Å². The first-order chi connectivity index (χ1) is 13.8. The number of thiocarbonyl (C=S) groups is 1. The quantitative estimate of drug-likeness (QED) is 0.455. The molecule has 1 saturated heterocycles. The largest absolute Gasteiger partial charge is 0.332 e. The molecule has 0 aromatic heterocycles. The lowest BCUT2D eigenvalue weighted by atomic mass is 10.2. The van der Waals surface area contributed by atoms with Crippen LogP contribution in [-0.2, 0) is 10.0 Å². The van der Waals surface area contributed by atoms with Crippen LogP contribution in [0.5, 0.6) is 0 Å². The number of piperazine rings is 1. The third-order valence-electron chi connectivity index (χ3n) is 4.56. The molecule has 0 spiro atoms. The number of carbonyl (C=O) groups is 1. The zero-order valence-corrected chi connectivity index (χ0v) is 19.6. The Balaban J connectivity index is 1.62. The van der Waals surface area contributed by atoms with E-state index in [1.54, 1.807) is 36.4 Å². The second-order valence-corrected chi connectivity index (χ2v) is 10.1. The van der Waals surface area contributed by atoms with Crippen LogP contribution >= 0.6 is 34.8 Å². The van der Waals surface area contributed by atoms with Crippen molar-refractivity contribution in [3.63, 3.8) is 0 Å². The molecular weight excluding hydrogens is 523 g/mol. The number of sulfonamides is 1. The number of carbonyl (C=O) groups excluding carboxylic acids is 1. The van der Waals surface area contributed by atoms with E-state index in [0.717, 1.165) is 3.57 Å². The highest BCUT2D eigenvalue weighted by Gasteiger charge is 2.27. The zero-order valence-electron chi connectivity index (χ0n) is 15.8. The van der Waals surface area contributed by atoms with Gasteiger partial charge in [-0.1, -0.05) is 12.1 Å². The number of amides is 1. The van der Waals surface area contributed by atoms with Crippen molar-refractivity contribution in [1.82, 2.24) is 14.5 Å². The van der Waals surface area contributed by atoms with Crippen molar-refractivity contribution < 1.29 is 13.2 Å². The molecule has 1 fully saturated rings. The number of anilines is 1. The maximum Gasteiger partial charge on any atom is 0.258 e. The van der Waals surface area contributed by atoms with Crippen LogP contribution in [0.3, 0.4) is 0 Å². The molecule has 29 heavy (non-hydrogen) atoms. The number of benzene rings is 2. The molecule has 0 atom stereocenters. The molecule has 2 N–H and O–H groups in total. The molecule has 0 aliphatic carbocycles. The van der Waals surface area contributed by atoms with Gasteiger partial charge in [-0.15, -0.1) is 0 Å². The first kappa shape index (κ1) is 22.1. The summed E-state index contributed by atoms with van der Waals surface area (Å²) in [6.45, 7) is 2.39. The van der Waals surface area contributed by atoms with Gasteiger partial charge in [-0.05, 0) is 78.3 Å². The fourth-order valence-corrected chi connectivity index (χ4v) is 5.13. The van der Waals surface area contributed by atoms with Gasteiger partial charge in [0.2, 0.25) is 10.0 Å². The van der Waals surface area contributed by atoms with Crippen LogP contribution in [0.4, 0.5) is 5.69 Å². The fourth-order valence-electron chi connectivity index (χ4n) is 2.87. The highest BCUT2D eigenvalue weighted by Crippen LogP contribution is 2.20. The maximum absolute atomic E-state index is 12.8. The summed E-state index contributed by atoms with van der Waals surface area (Å²) in [6, 6.07) is 13.5. The van der Waals surface area contributed by atoms with Crippen molar-refractivity contribution in [1.29, 1.82) is 0 Å². The third-order valence-corrected chi connectivity index (χ3v) is 7.62. The highest BCUT2D eigenvalue weighted by molar-refractivity contribution is 14.1. The van der Waals surface area contributed by atoms with Crippen molar-refractivity contribution in [2.24, 2.45) is 0 Å². The molecule has 1 heterocycles. The minimum absolute atomic E-state index is 0.143. The topological polar surface area (TPSA) is 81.8 Å². The molecule has 1 aliphatic heterocycles. The average Bonchev–Trinajstić information content (AvgIpc) is 2.69. The van der Waals surface area contributed by atoms with Gasteiger partial charge in [-0.2, -0.15) is 4.31 Å².